The van der Waals surface area contributed by atoms with Crippen LogP contribution in [-0.4, -0.2) is 32.1 Å². The molecule has 1 heterocycles. The summed E-state index contributed by atoms with van der Waals surface area (Å²) in [5, 5.41) is 11.9. The maximum absolute atomic E-state index is 12.4. The molecular formula is C16H19N3O4. The highest BCUT2D eigenvalue weighted by Crippen LogP contribution is 2.11. The van der Waals surface area contributed by atoms with Crippen LogP contribution < -0.4 is 10.9 Å². The number of carboxylic acid groups (broad SMARTS) is 1. The highest BCUT2D eigenvalue weighted by atomic mass is 16.4. The van der Waals surface area contributed by atoms with Crippen molar-refractivity contribution in [1.29, 1.82) is 0 Å². The van der Waals surface area contributed by atoms with Gasteiger partial charge in [0.15, 0.2) is 0 Å². The third-order valence-corrected chi connectivity index (χ3v) is 3.62. The fraction of sp³-hybridized carbons (Fsp3) is 0.375. The first-order chi connectivity index (χ1) is 10.7. The summed E-state index contributed by atoms with van der Waals surface area (Å²) in [6.45, 7) is 4.82. The van der Waals surface area contributed by atoms with Gasteiger partial charge in [0.25, 0.3) is 5.56 Å². The van der Waals surface area contributed by atoms with E-state index in [1.54, 1.807) is 12.1 Å². The summed E-state index contributed by atoms with van der Waals surface area (Å²) in [5.74, 6) is -1.56. The molecular weight excluding hydrogens is 298 g/mol. The van der Waals surface area contributed by atoms with E-state index in [0.29, 0.717) is 10.9 Å². The second-order valence-electron chi connectivity index (χ2n) is 5.94. The summed E-state index contributed by atoms with van der Waals surface area (Å²) in [5.41, 5.74) is -0.0113. The zero-order valence-corrected chi connectivity index (χ0v) is 13.3. The first-order valence-electron chi connectivity index (χ1n) is 7.21. The van der Waals surface area contributed by atoms with Crippen LogP contribution in [0.15, 0.2) is 29.3 Å². The third kappa shape index (κ3) is 3.56. The number of carbonyl (C=O) groups is 2. The van der Waals surface area contributed by atoms with Crippen molar-refractivity contribution < 1.29 is 14.7 Å². The average molecular weight is 317 g/mol. The topological polar surface area (TPSA) is 101 Å². The van der Waals surface area contributed by atoms with Crippen molar-refractivity contribution in [3.63, 3.8) is 0 Å². The van der Waals surface area contributed by atoms with Crippen LogP contribution in [0.5, 0.6) is 0 Å². The van der Waals surface area contributed by atoms with E-state index in [9.17, 15) is 14.4 Å². The Balaban J connectivity index is 2.14. The molecule has 122 valence electrons. The van der Waals surface area contributed by atoms with E-state index in [4.69, 9.17) is 5.11 Å². The van der Waals surface area contributed by atoms with Gasteiger partial charge in [0, 0.05) is 13.0 Å². The SMILES string of the molecule is Cc1cccc2c(=O)n(CCC(=O)NC(C)(C)C(=O)O)cnc12. The Morgan fingerprint density at radius 1 is 1.35 bits per heavy atom. The third-order valence-electron chi connectivity index (χ3n) is 3.62. The van der Waals surface area contributed by atoms with E-state index >= 15 is 0 Å². The Bertz CT molecular complexity index is 824. The van der Waals surface area contributed by atoms with E-state index in [1.807, 2.05) is 13.0 Å². The van der Waals surface area contributed by atoms with Crippen LogP contribution in [0.1, 0.15) is 25.8 Å². The zero-order chi connectivity index (χ0) is 17.2. The van der Waals surface area contributed by atoms with Crippen LogP contribution in [0, 0.1) is 6.92 Å². The summed E-state index contributed by atoms with van der Waals surface area (Å²) in [4.78, 5) is 39.5. The smallest absolute Gasteiger partial charge is 0.328 e. The van der Waals surface area contributed by atoms with Gasteiger partial charge in [0.05, 0.1) is 17.2 Å². The predicted molar refractivity (Wildman–Crippen MR) is 85.2 cm³/mol. The van der Waals surface area contributed by atoms with Gasteiger partial charge in [-0.05, 0) is 32.4 Å². The number of nitrogens with zero attached hydrogens (tertiary/aromatic N) is 2. The van der Waals surface area contributed by atoms with Gasteiger partial charge >= 0.3 is 5.97 Å². The number of aromatic nitrogens is 2. The van der Waals surface area contributed by atoms with E-state index in [-0.39, 0.29) is 18.5 Å². The van der Waals surface area contributed by atoms with Crippen LogP contribution in [-0.2, 0) is 16.1 Å². The number of nitrogens with one attached hydrogen (secondary N) is 1. The number of carboxylic acids is 1. The van der Waals surface area contributed by atoms with E-state index in [1.165, 1.54) is 24.7 Å². The van der Waals surface area contributed by atoms with Crippen molar-refractivity contribution in [2.24, 2.45) is 0 Å². The summed E-state index contributed by atoms with van der Waals surface area (Å²) in [6, 6.07) is 5.36. The maximum Gasteiger partial charge on any atom is 0.328 e. The maximum atomic E-state index is 12.4. The molecule has 1 aromatic heterocycles. The van der Waals surface area contributed by atoms with E-state index in [2.05, 4.69) is 10.3 Å². The Hall–Kier alpha value is -2.70. The van der Waals surface area contributed by atoms with Gasteiger partial charge in [-0.2, -0.15) is 0 Å². The number of fused-ring (bicyclic) bond motifs is 1. The number of aryl methyl sites for hydroxylation is 2. The zero-order valence-electron chi connectivity index (χ0n) is 13.3. The first-order valence-corrected chi connectivity index (χ1v) is 7.21. The molecule has 1 aromatic carbocycles. The minimum absolute atomic E-state index is 0.00435. The largest absolute Gasteiger partial charge is 0.480 e. The number of aliphatic carboxylic acids is 1. The number of benzene rings is 1. The number of hydrogen-bond acceptors (Lipinski definition) is 4. The molecule has 2 aromatic rings. The second-order valence-corrected chi connectivity index (χ2v) is 5.94. The molecule has 0 unspecified atom stereocenters. The van der Waals surface area contributed by atoms with Crippen molar-refractivity contribution in [3.05, 3.63) is 40.4 Å². The second kappa shape index (κ2) is 6.20. The van der Waals surface area contributed by atoms with Gasteiger partial charge in [-0.3, -0.25) is 14.2 Å². The highest BCUT2D eigenvalue weighted by Gasteiger charge is 2.28. The van der Waals surface area contributed by atoms with E-state index in [0.717, 1.165) is 5.56 Å². The standard InChI is InChI=1S/C16H19N3O4/c1-10-5-4-6-11-13(10)17-9-19(14(11)21)8-7-12(20)18-16(2,3)15(22)23/h4-6,9H,7-8H2,1-3H3,(H,18,20)(H,22,23). The molecule has 7 nitrogen and oxygen atoms in total. The van der Waals surface area contributed by atoms with Crippen LogP contribution in [0.25, 0.3) is 10.9 Å². The van der Waals surface area contributed by atoms with E-state index < -0.39 is 17.4 Å². The molecule has 0 aliphatic rings. The van der Waals surface area contributed by atoms with Crippen LogP contribution in [0.4, 0.5) is 0 Å². The number of amides is 1. The molecule has 0 spiro atoms. The van der Waals surface area contributed by atoms with Crippen molar-refractivity contribution in [2.75, 3.05) is 0 Å². The molecule has 0 radical (unpaired) electrons. The highest BCUT2D eigenvalue weighted by molar-refractivity contribution is 5.86. The Labute approximate surface area is 133 Å². The quantitative estimate of drug-likeness (QED) is 0.859. The van der Waals surface area contributed by atoms with Crippen molar-refractivity contribution >= 4 is 22.8 Å². The molecule has 1 amide bonds. The molecule has 0 aliphatic heterocycles. The van der Waals surface area contributed by atoms with Crippen LogP contribution >= 0.6 is 0 Å². The number of hydrogen-bond donors (Lipinski definition) is 2. The van der Waals surface area contributed by atoms with Gasteiger partial charge in [-0.15, -0.1) is 0 Å². The van der Waals surface area contributed by atoms with Gasteiger partial charge in [0.1, 0.15) is 5.54 Å². The average Bonchev–Trinajstić information content (AvgIpc) is 2.47. The Morgan fingerprint density at radius 2 is 2.04 bits per heavy atom. The molecule has 23 heavy (non-hydrogen) atoms. The number of para-hydroxylation sites is 1. The minimum atomic E-state index is -1.35. The lowest BCUT2D eigenvalue weighted by Crippen LogP contribution is -2.49. The Morgan fingerprint density at radius 3 is 2.70 bits per heavy atom. The van der Waals surface area contributed by atoms with Crippen molar-refractivity contribution in [1.82, 2.24) is 14.9 Å². The predicted octanol–water partition coefficient (Wildman–Crippen LogP) is 1.07. The molecule has 7 heteroatoms. The minimum Gasteiger partial charge on any atom is -0.480 e. The Kier molecular flexibility index (Phi) is 4.49. The molecule has 0 bridgehead atoms. The summed E-state index contributed by atoms with van der Waals surface area (Å²) >= 11 is 0. The van der Waals surface area contributed by atoms with Crippen LogP contribution in [0.3, 0.4) is 0 Å². The first kappa shape index (κ1) is 16.7. The molecule has 0 saturated carbocycles. The number of rotatable bonds is 5. The molecule has 2 rings (SSSR count). The molecule has 2 N–H and O–H groups in total. The summed E-state index contributed by atoms with van der Waals surface area (Å²) in [7, 11) is 0. The van der Waals surface area contributed by atoms with Gasteiger partial charge in [0.2, 0.25) is 5.91 Å². The van der Waals surface area contributed by atoms with Gasteiger partial charge in [-0.25, -0.2) is 9.78 Å². The van der Waals surface area contributed by atoms with Crippen molar-refractivity contribution in [2.45, 2.75) is 39.3 Å². The number of carbonyl (C=O) groups excluding carboxylic acids is 1. The lowest BCUT2D eigenvalue weighted by atomic mass is 10.1. The van der Waals surface area contributed by atoms with Gasteiger partial charge < -0.3 is 10.4 Å². The van der Waals surface area contributed by atoms with Crippen molar-refractivity contribution in [3.8, 4) is 0 Å². The van der Waals surface area contributed by atoms with Gasteiger partial charge in [-0.1, -0.05) is 12.1 Å². The normalized spacial score (nSPS) is 11.4. The molecule has 0 fully saturated rings. The molecule has 0 atom stereocenters. The fourth-order valence-electron chi connectivity index (χ4n) is 2.18. The summed E-state index contributed by atoms with van der Waals surface area (Å²) in [6.07, 6.45) is 1.41. The fourth-order valence-corrected chi connectivity index (χ4v) is 2.18. The monoisotopic (exact) mass is 317 g/mol. The molecule has 0 aliphatic carbocycles. The van der Waals surface area contributed by atoms with Crippen LogP contribution in [0.2, 0.25) is 0 Å². The molecule has 0 saturated heterocycles. The lowest BCUT2D eigenvalue weighted by Gasteiger charge is -2.21. The lowest BCUT2D eigenvalue weighted by molar-refractivity contribution is -0.146. The summed E-state index contributed by atoms with van der Waals surface area (Å²) < 4.78 is 1.36.